The van der Waals surface area contributed by atoms with Gasteiger partial charge in [-0.15, -0.1) is 11.8 Å². The van der Waals surface area contributed by atoms with Gasteiger partial charge in [-0.1, -0.05) is 30.3 Å². The third kappa shape index (κ3) is 5.82. The summed E-state index contributed by atoms with van der Waals surface area (Å²) in [5.41, 5.74) is 0.980. The molecule has 2 nitrogen and oxygen atoms in total. The average Bonchev–Trinajstić information content (AvgIpc) is 2.14. The van der Waals surface area contributed by atoms with Crippen molar-refractivity contribution in [3.8, 4) is 0 Å². The molecule has 0 heterocycles. The zero-order chi connectivity index (χ0) is 11.3. The molecule has 0 radical (unpaired) electrons. The van der Waals surface area contributed by atoms with Crippen LogP contribution in [0.2, 0.25) is 0 Å². The van der Waals surface area contributed by atoms with Gasteiger partial charge in [0.25, 0.3) is 0 Å². The largest absolute Gasteiger partial charge is 0.376 e. The normalized spacial score (nSPS) is 13.9. The quantitative estimate of drug-likeness (QED) is 0.611. The van der Waals surface area contributed by atoms with Gasteiger partial charge in [-0.3, -0.25) is 0 Å². The van der Waals surface area contributed by atoms with Crippen molar-refractivity contribution in [2.75, 3.05) is 27.7 Å². The Balaban J connectivity index is 2.32. The molecule has 0 saturated carbocycles. The molecule has 0 amide bonds. The second kappa shape index (κ2) is 5.54. The molecule has 1 aromatic rings. The molecule has 3 heteroatoms. The van der Waals surface area contributed by atoms with Crippen molar-refractivity contribution in [3.05, 3.63) is 35.9 Å². The Morgan fingerprint density at radius 3 is 2.33 bits per heavy atom. The van der Waals surface area contributed by atoms with E-state index in [1.807, 2.05) is 18.2 Å². The highest BCUT2D eigenvalue weighted by atomic mass is 32.2. The van der Waals surface area contributed by atoms with Crippen LogP contribution in [0.15, 0.2) is 30.3 Å². The van der Waals surface area contributed by atoms with Crippen LogP contribution in [0, 0.1) is 0 Å². The summed E-state index contributed by atoms with van der Waals surface area (Å²) in [4.78, 5) is 0. The lowest BCUT2D eigenvalue weighted by Crippen LogP contribution is -2.40. The van der Waals surface area contributed by atoms with Gasteiger partial charge in [0.1, 0.15) is 12.0 Å². The van der Waals surface area contributed by atoms with Crippen LogP contribution in [-0.2, 0) is 5.75 Å². The monoisotopic (exact) mass is 226 g/mol. The Hall–Kier alpha value is -0.510. The van der Waals surface area contributed by atoms with Crippen LogP contribution in [0.4, 0.5) is 0 Å². The number of hydrogen-bond acceptors (Lipinski definition) is 2. The fraction of sp³-hybridized carbons (Fsp3) is 0.500. The minimum Gasteiger partial charge on any atom is -0.376 e. The van der Waals surface area contributed by atoms with E-state index in [-0.39, 0.29) is 5.44 Å². The maximum Gasteiger partial charge on any atom is 0.148 e. The molecule has 0 aromatic heterocycles. The first-order chi connectivity index (χ1) is 6.97. The van der Waals surface area contributed by atoms with E-state index >= 15 is 0 Å². The van der Waals surface area contributed by atoms with Gasteiger partial charge in [-0.25, -0.2) is 0 Å². The lowest BCUT2D eigenvalue weighted by Gasteiger charge is -2.26. The first kappa shape index (κ1) is 12.6. The van der Waals surface area contributed by atoms with Gasteiger partial charge in [0.05, 0.1) is 21.1 Å². The van der Waals surface area contributed by atoms with Gasteiger partial charge < -0.3 is 9.59 Å². The Bertz CT molecular complexity index is 281. The molecular formula is C12H20NOS+. The van der Waals surface area contributed by atoms with Gasteiger partial charge in [0.2, 0.25) is 0 Å². The summed E-state index contributed by atoms with van der Waals surface area (Å²) in [7, 11) is 6.27. The summed E-state index contributed by atoms with van der Waals surface area (Å²) in [6.07, 6.45) is 0. The van der Waals surface area contributed by atoms with E-state index in [9.17, 15) is 5.11 Å². The summed E-state index contributed by atoms with van der Waals surface area (Å²) >= 11 is 1.60. The van der Waals surface area contributed by atoms with E-state index in [2.05, 4.69) is 33.3 Å². The highest BCUT2D eigenvalue weighted by Gasteiger charge is 2.15. The maximum atomic E-state index is 9.79. The van der Waals surface area contributed by atoms with Gasteiger partial charge in [0.15, 0.2) is 0 Å². The van der Waals surface area contributed by atoms with Crippen molar-refractivity contribution in [3.63, 3.8) is 0 Å². The van der Waals surface area contributed by atoms with Crippen molar-refractivity contribution in [1.82, 2.24) is 0 Å². The van der Waals surface area contributed by atoms with E-state index in [0.717, 1.165) is 16.8 Å². The number of benzene rings is 1. The van der Waals surface area contributed by atoms with Gasteiger partial charge in [-0.2, -0.15) is 0 Å². The van der Waals surface area contributed by atoms with Crippen LogP contribution in [0.3, 0.4) is 0 Å². The molecule has 1 aromatic carbocycles. The first-order valence-corrected chi connectivity index (χ1v) is 6.16. The second-order valence-electron chi connectivity index (χ2n) is 4.72. The minimum atomic E-state index is -0.287. The highest BCUT2D eigenvalue weighted by molar-refractivity contribution is 7.98. The zero-order valence-corrected chi connectivity index (χ0v) is 10.5. The van der Waals surface area contributed by atoms with E-state index in [0.29, 0.717) is 0 Å². The van der Waals surface area contributed by atoms with Gasteiger partial charge in [-0.05, 0) is 5.56 Å². The average molecular weight is 226 g/mol. The Labute approximate surface area is 96.5 Å². The highest BCUT2D eigenvalue weighted by Crippen LogP contribution is 2.17. The second-order valence-corrected chi connectivity index (χ2v) is 5.89. The van der Waals surface area contributed by atoms with Crippen molar-refractivity contribution < 1.29 is 9.59 Å². The topological polar surface area (TPSA) is 20.2 Å². The van der Waals surface area contributed by atoms with Crippen LogP contribution in [0.5, 0.6) is 0 Å². The molecule has 0 aliphatic heterocycles. The summed E-state index contributed by atoms with van der Waals surface area (Å²) in [6.45, 7) is 0.775. The van der Waals surface area contributed by atoms with Gasteiger partial charge >= 0.3 is 0 Å². The molecule has 0 aliphatic carbocycles. The van der Waals surface area contributed by atoms with Gasteiger partial charge in [0, 0.05) is 5.75 Å². The number of likely N-dealkylation sites (N-methyl/N-ethyl adjacent to an activating group) is 1. The van der Waals surface area contributed by atoms with E-state index in [1.54, 1.807) is 11.8 Å². The van der Waals surface area contributed by atoms with Crippen LogP contribution >= 0.6 is 11.8 Å². The molecule has 1 rings (SSSR count). The molecule has 1 atom stereocenters. The summed E-state index contributed by atoms with van der Waals surface area (Å²) < 4.78 is 0.795. The van der Waals surface area contributed by atoms with Crippen molar-refractivity contribution >= 4 is 11.8 Å². The van der Waals surface area contributed by atoms with Crippen LogP contribution in [0.25, 0.3) is 0 Å². The molecule has 84 valence electrons. The molecule has 0 aliphatic rings. The molecule has 0 spiro atoms. The van der Waals surface area contributed by atoms with E-state index in [4.69, 9.17) is 0 Å². The van der Waals surface area contributed by atoms with Crippen LogP contribution in [0.1, 0.15) is 5.56 Å². The molecule has 15 heavy (non-hydrogen) atoms. The molecule has 0 saturated heterocycles. The number of hydrogen-bond donors (Lipinski definition) is 1. The van der Waals surface area contributed by atoms with Crippen LogP contribution in [-0.4, -0.2) is 42.7 Å². The number of aliphatic hydroxyl groups excluding tert-OH is 1. The number of thioether (sulfide) groups is 1. The maximum absolute atomic E-state index is 9.79. The molecule has 0 fully saturated rings. The minimum absolute atomic E-state index is 0.287. The Kier molecular flexibility index (Phi) is 4.64. The first-order valence-electron chi connectivity index (χ1n) is 5.11. The standard InChI is InChI=1S/C12H20NOS/c1-13(2,3)9-12(14)15-10-11-7-5-4-6-8-11/h4-8,12,14H,9-10H2,1-3H3/q+1. The summed E-state index contributed by atoms with van der Waals surface area (Å²) in [6, 6.07) is 10.2. The number of quaternary nitrogens is 1. The predicted molar refractivity (Wildman–Crippen MR) is 66.6 cm³/mol. The predicted octanol–water partition coefficient (Wildman–Crippen LogP) is 1.94. The summed E-state index contributed by atoms with van der Waals surface area (Å²) in [5, 5.41) is 9.79. The lowest BCUT2D eigenvalue weighted by molar-refractivity contribution is -0.871. The third-order valence-electron chi connectivity index (χ3n) is 1.99. The van der Waals surface area contributed by atoms with Crippen molar-refractivity contribution in [2.24, 2.45) is 0 Å². The fourth-order valence-electron chi connectivity index (χ4n) is 1.29. The van der Waals surface area contributed by atoms with Crippen LogP contribution < -0.4 is 0 Å². The SMILES string of the molecule is C[N+](C)(C)CC(O)SCc1ccccc1. The Morgan fingerprint density at radius 2 is 1.80 bits per heavy atom. The molecule has 0 bridgehead atoms. The number of nitrogens with zero attached hydrogens (tertiary/aromatic N) is 1. The fourth-order valence-corrected chi connectivity index (χ4v) is 2.42. The zero-order valence-electron chi connectivity index (χ0n) is 9.68. The molecule has 1 unspecified atom stereocenters. The number of aliphatic hydroxyl groups is 1. The van der Waals surface area contributed by atoms with Crippen molar-refractivity contribution in [1.29, 1.82) is 0 Å². The molecule has 1 N–H and O–H groups in total. The summed E-state index contributed by atoms with van der Waals surface area (Å²) in [5.74, 6) is 0.877. The van der Waals surface area contributed by atoms with E-state index in [1.165, 1.54) is 5.56 Å². The third-order valence-corrected chi connectivity index (χ3v) is 3.02. The number of rotatable bonds is 5. The Morgan fingerprint density at radius 1 is 1.20 bits per heavy atom. The lowest BCUT2D eigenvalue weighted by atomic mass is 10.2. The van der Waals surface area contributed by atoms with Crippen molar-refractivity contribution in [2.45, 2.75) is 11.2 Å². The molecular weight excluding hydrogens is 206 g/mol. The smallest absolute Gasteiger partial charge is 0.148 e. The van der Waals surface area contributed by atoms with E-state index < -0.39 is 0 Å².